The molecule has 1 heterocycles. The molecule has 2 fully saturated rings. The van der Waals surface area contributed by atoms with Gasteiger partial charge in [0.25, 0.3) is 0 Å². The molecule has 3 rings (SSSR count). The van der Waals surface area contributed by atoms with Gasteiger partial charge in [0.1, 0.15) is 5.78 Å². The highest BCUT2D eigenvalue weighted by Gasteiger charge is 2.44. The number of rotatable bonds is 2. The summed E-state index contributed by atoms with van der Waals surface area (Å²) in [5.74, 6) is 0.528. The van der Waals surface area contributed by atoms with Crippen LogP contribution in [-0.2, 0) is 11.3 Å². The van der Waals surface area contributed by atoms with E-state index < -0.39 is 0 Å². The van der Waals surface area contributed by atoms with E-state index in [1.807, 2.05) is 0 Å². The number of nitrogens with zero attached hydrogens (tertiary/aromatic N) is 1. The number of benzene rings is 1. The Kier molecular flexibility index (Phi) is 3.21. The highest BCUT2D eigenvalue weighted by molar-refractivity contribution is 5.87. The van der Waals surface area contributed by atoms with Gasteiger partial charge in [-0.25, -0.2) is 0 Å². The van der Waals surface area contributed by atoms with E-state index in [9.17, 15) is 4.79 Å². The van der Waals surface area contributed by atoms with Crippen molar-refractivity contribution in [2.24, 2.45) is 5.41 Å². The summed E-state index contributed by atoms with van der Waals surface area (Å²) in [5.41, 5.74) is 1.38. The van der Waals surface area contributed by atoms with Crippen molar-refractivity contribution >= 4 is 5.78 Å². The Bertz CT molecular complexity index is 428. The van der Waals surface area contributed by atoms with E-state index in [4.69, 9.17) is 0 Å². The topological polar surface area (TPSA) is 20.3 Å². The molecule has 1 saturated heterocycles. The average molecular weight is 243 g/mol. The molecule has 0 bridgehead atoms. The summed E-state index contributed by atoms with van der Waals surface area (Å²) >= 11 is 0. The third-order valence-electron chi connectivity index (χ3n) is 4.56. The summed E-state index contributed by atoms with van der Waals surface area (Å²) < 4.78 is 0. The molecule has 0 N–H and O–H groups in total. The van der Waals surface area contributed by atoms with Crippen LogP contribution in [0.4, 0.5) is 0 Å². The van der Waals surface area contributed by atoms with Gasteiger partial charge in [0.2, 0.25) is 0 Å². The zero-order valence-corrected chi connectivity index (χ0v) is 10.9. The van der Waals surface area contributed by atoms with E-state index in [2.05, 4.69) is 35.2 Å². The summed E-state index contributed by atoms with van der Waals surface area (Å²) in [6.07, 6.45) is 5.35. The summed E-state index contributed by atoms with van der Waals surface area (Å²) in [5, 5.41) is 0. The molecule has 1 spiro atoms. The van der Waals surface area contributed by atoms with Crippen LogP contribution in [0.3, 0.4) is 0 Å². The number of piperidine rings is 1. The van der Waals surface area contributed by atoms with Gasteiger partial charge >= 0.3 is 0 Å². The number of likely N-dealkylation sites (tertiary alicyclic amines) is 1. The summed E-state index contributed by atoms with van der Waals surface area (Å²) in [4.78, 5) is 14.6. The van der Waals surface area contributed by atoms with E-state index in [1.165, 1.54) is 12.0 Å². The van der Waals surface area contributed by atoms with Crippen molar-refractivity contribution in [2.45, 2.75) is 38.6 Å². The Hall–Kier alpha value is -1.15. The number of hydrogen-bond acceptors (Lipinski definition) is 2. The Balaban J connectivity index is 1.69. The SMILES string of the molecule is O=C1CCC[C@@]12CCCN(Cc1ccccc1)C2. The lowest BCUT2D eigenvalue weighted by molar-refractivity contribution is -0.128. The lowest BCUT2D eigenvalue weighted by Crippen LogP contribution is -2.45. The van der Waals surface area contributed by atoms with Gasteiger partial charge in [-0.05, 0) is 37.8 Å². The lowest BCUT2D eigenvalue weighted by atomic mass is 9.77. The first-order chi connectivity index (χ1) is 8.78. The van der Waals surface area contributed by atoms with Crippen LogP contribution in [0.15, 0.2) is 30.3 Å². The summed E-state index contributed by atoms with van der Waals surface area (Å²) in [7, 11) is 0. The zero-order chi connectivity index (χ0) is 12.4. The molecular formula is C16H21NO. The number of carbonyl (C=O) groups is 1. The molecule has 1 aliphatic heterocycles. The number of Topliss-reactive ketones (excluding diaryl/α,β-unsaturated/α-hetero) is 1. The van der Waals surface area contributed by atoms with Crippen LogP contribution in [0, 0.1) is 5.41 Å². The summed E-state index contributed by atoms with van der Waals surface area (Å²) in [6, 6.07) is 10.6. The first kappa shape index (κ1) is 11.9. The van der Waals surface area contributed by atoms with Gasteiger partial charge in [-0.15, -0.1) is 0 Å². The monoisotopic (exact) mass is 243 g/mol. The first-order valence-electron chi connectivity index (χ1n) is 7.08. The standard InChI is InChI=1S/C16H21NO/c18-15-8-4-9-16(15)10-5-11-17(13-16)12-14-6-2-1-3-7-14/h1-3,6-7H,4-5,8-13H2/t16-/m0/s1. The average Bonchev–Trinajstić information content (AvgIpc) is 2.72. The van der Waals surface area contributed by atoms with Gasteiger partial charge in [-0.2, -0.15) is 0 Å². The molecule has 0 radical (unpaired) electrons. The van der Waals surface area contributed by atoms with Crippen molar-refractivity contribution < 1.29 is 4.79 Å². The van der Waals surface area contributed by atoms with Crippen LogP contribution in [0.2, 0.25) is 0 Å². The van der Waals surface area contributed by atoms with Gasteiger partial charge in [-0.3, -0.25) is 9.69 Å². The second kappa shape index (κ2) is 4.85. The van der Waals surface area contributed by atoms with Crippen LogP contribution in [0.1, 0.15) is 37.7 Å². The van der Waals surface area contributed by atoms with Crippen LogP contribution < -0.4 is 0 Å². The molecule has 2 aliphatic rings. The molecule has 0 aromatic heterocycles. The van der Waals surface area contributed by atoms with Crippen molar-refractivity contribution in [3.05, 3.63) is 35.9 Å². The Labute approximate surface area is 109 Å². The van der Waals surface area contributed by atoms with E-state index in [-0.39, 0.29) is 5.41 Å². The third-order valence-corrected chi connectivity index (χ3v) is 4.56. The van der Waals surface area contributed by atoms with Gasteiger partial charge in [-0.1, -0.05) is 30.3 Å². The van der Waals surface area contributed by atoms with Crippen molar-refractivity contribution in [1.29, 1.82) is 0 Å². The first-order valence-corrected chi connectivity index (χ1v) is 7.08. The minimum Gasteiger partial charge on any atom is -0.299 e. The predicted octanol–water partition coefficient (Wildman–Crippen LogP) is 3.02. The van der Waals surface area contributed by atoms with E-state index >= 15 is 0 Å². The molecule has 2 heteroatoms. The van der Waals surface area contributed by atoms with E-state index in [0.29, 0.717) is 5.78 Å². The molecular weight excluding hydrogens is 222 g/mol. The van der Waals surface area contributed by atoms with Crippen LogP contribution in [-0.4, -0.2) is 23.8 Å². The maximum atomic E-state index is 12.1. The molecule has 0 amide bonds. The lowest BCUT2D eigenvalue weighted by Gasteiger charge is -2.39. The van der Waals surface area contributed by atoms with Gasteiger partial charge in [0, 0.05) is 24.9 Å². The number of carbonyl (C=O) groups excluding carboxylic acids is 1. The minimum atomic E-state index is 0.0209. The smallest absolute Gasteiger partial charge is 0.140 e. The normalized spacial score (nSPS) is 29.0. The van der Waals surface area contributed by atoms with Crippen molar-refractivity contribution in [3.8, 4) is 0 Å². The quantitative estimate of drug-likeness (QED) is 0.795. The second-order valence-corrected chi connectivity index (χ2v) is 5.86. The molecule has 96 valence electrons. The zero-order valence-electron chi connectivity index (χ0n) is 10.9. The fraction of sp³-hybridized carbons (Fsp3) is 0.562. The Morgan fingerprint density at radius 2 is 1.89 bits per heavy atom. The largest absolute Gasteiger partial charge is 0.299 e. The maximum Gasteiger partial charge on any atom is 0.140 e. The fourth-order valence-corrected chi connectivity index (χ4v) is 3.63. The van der Waals surface area contributed by atoms with Gasteiger partial charge in [0.15, 0.2) is 0 Å². The molecule has 1 saturated carbocycles. The highest BCUT2D eigenvalue weighted by Crippen LogP contribution is 2.42. The van der Waals surface area contributed by atoms with Crippen molar-refractivity contribution in [3.63, 3.8) is 0 Å². The van der Waals surface area contributed by atoms with E-state index in [0.717, 1.165) is 45.3 Å². The fourth-order valence-electron chi connectivity index (χ4n) is 3.63. The molecule has 1 aliphatic carbocycles. The molecule has 0 unspecified atom stereocenters. The predicted molar refractivity (Wildman–Crippen MR) is 72.2 cm³/mol. The van der Waals surface area contributed by atoms with Crippen LogP contribution in [0.5, 0.6) is 0 Å². The van der Waals surface area contributed by atoms with Gasteiger partial charge in [0.05, 0.1) is 0 Å². The van der Waals surface area contributed by atoms with Crippen LogP contribution in [0.25, 0.3) is 0 Å². The van der Waals surface area contributed by atoms with E-state index in [1.54, 1.807) is 0 Å². The molecule has 1 aromatic rings. The van der Waals surface area contributed by atoms with Crippen molar-refractivity contribution in [2.75, 3.05) is 13.1 Å². The molecule has 18 heavy (non-hydrogen) atoms. The number of hydrogen-bond donors (Lipinski definition) is 0. The Morgan fingerprint density at radius 1 is 1.11 bits per heavy atom. The summed E-state index contributed by atoms with van der Waals surface area (Å²) in [6.45, 7) is 3.13. The van der Waals surface area contributed by atoms with Crippen LogP contribution >= 0.6 is 0 Å². The number of ketones is 1. The minimum absolute atomic E-state index is 0.0209. The Morgan fingerprint density at radius 3 is 2.61 bits per heavy atom. The van der Waals surface area contributed by atoms with Crippen molar-refractivity contribution in [1.82, 2.24) is 4.90 Å². The highest BCUT2D eigenvalue weighted by atomic mass is 16.1. The molecule has 1 atom stereocenters. The van der Waals surface area contributed by atoms with Gasteiger partial charge < -0.3 is 0 Å². The second-order valence-electron chi connectivity index (χ2n) is 5.86. The molecule has 2 nitrogen and oxygen atoms in total. The molecule has 1 aromatic carbocycles. The third kappa shape index (κ3) is 2.22. The maximum absolute atomic E-state index is 12.1.